The fourth-order valence-electron chi connectivity index (χ4n) is 3.27. The first kappa shape index (κ1) is 20.9. The van der Waals surface area contributed by atoms with Crippen LogP contribution in [0.4, 0.5) is 5.69 Å². The Morgan fingerprint density at radius 2 is 1.72 bits per heavy atom. The van der Waals surface area contributed by atoms with Crippen molar-refractivity contribution in [1.82, 2.24) is 4.90 Å². The van der Waals surface area contributed by atoms with Gasteiger partial charge >= 0.3 is 0 Å². The van der Waals surface area contributed by atoms with Crippen molar-refractivity contribution in [1.29, 1.82) is 0 Å². The number of amides is 2. The molecule has 1 saturated heterocycles. The van der Waals surface area contributed by atoms with Gasteiger partial charge in [-0.15, -0.1) is 0 Å². The minimum atomic E-state index is -0.227. The van der Waals surface area contributed by atoms with Crippen LogP contribution in [0.5, 0.6) is 5.75 Å². The first-order valence-corrected chi connectivity index (χ1v) is 10.2. The second-order valence-electron chi connectivity index (χ2n) is 6.96. The summed E-state index contributed by atoms with van der Waals surface area (Å²) in [5, 5.41) is 2.86. The van der Waals surface area contributed by atoms with Gasteiger partial charge in [-0.05, 0) is 68.7 Å². The minimum absolute atomic E-state index is 0.0551. The zero-order valence-electron chi connectivity index (χ0n) is 16.9. The molecule has 2 aromatic rings. The van der Waals surface area contributed by atoms with Gasteiger partial charge in [0.25, 0.3) is 11.8 Å². The minimum Gasteiger partial charge on any atom is -0.491 e. The van der Waals surface area contributed by atoms with E-state index in [4.69, 9.17) is 9.47 Å². The molecule has 1 aliphatic rings. The second-order valence-corrected chi connectivity index (χ2v) is 6.96. The van der Waals surface area contributed by atoms with Gasteiger partial charge in [0.1, 0.15) is 12.4 Å². The summed E-state index contributed by atoms with van der Waals surface area (Å²) in [6.07, 6.45) is 3.32. The summed E-state index contributed by atoms with van der Waals surface area (Å²) < 4.78 is 10.8. The number of carbonyl (C=O) groups is 2. The lowest BCUT2D eigenvalue weighted by atomic mass is 10.1. The van der Waals surface area contributed by atoms with Gasteiger partial charge in [0.2, 0.25) is 0 Å². The summed E-state index contributed by atoms with van der Waals surface area (Å²) >= 11 is 0. The molecule has 0 atom stereocenters. The van der Waals surface area contributed by atoms with Crippen LogP contribution in [0, 0.1) is 0 Å². The highest BCUT2D eigenvalue weighted by Crippen LogP contribution is 2.18. The Labute approximate surface area is 171 Å². The van der Waals surface area contributed by atoms with Crippen LogP contribution in [0.2, 0.25) is 0 Å². The van der Waals surface area contributed by atoms with E-state index >= 15 is 0 Å². The summed E-state index contributed by atoms with van der Waals surface area (Å²) in [4.78, 5) is 27.0. The predicted molar refractivity (Wildman–Crippen MR) is 113 cm³/mol. The molecular weight excluding hydrogens is 368 g/mol. The van der Waals surface area contributed by atoms with Gasteiger partial charge in [-0.25, -0.2) is 0 Å². The van der Waals surface area contributed by atoms with Crippen LogP contribution in [0.1, 0.15) is 46.9 Å². The monoisotopic (exact) mass is 396 g/mol. The molecule has 0 unspecified atom stereocenters. The van der Waals surface area contributed by atoms with Gasteiger partial charge in [-0.1, -0.05) is 6.07 Å². The van der Waals surface area contributed by atoms with Crippen molar-refractivity contribution in [3.05, 3.63) is 59.7 Å². The lowest BCUT2D eigenvalue weighted by molar-refractivity contribution is 0.0724. The number of carbonyl (C=O) groups excluding carboxylic acids is 2. The van der Waals surface area contributed by atoms with Crippen molar-refractivity contribution >= 4 is 17.5 Å². The van der Waals surface area contributed by atoms with E-state index in [1.165, 1.54) is 6.42 Å². The summed E-state index contributed by atoms with van der Waals surface area (Å²) in [6, 6.07) is 14.1. The normalized spacial score (nSPS) is 13.8. The van der Waals surface area contributed by atoms with Crippen LogP contribution in [0.25, 0.3) is 0 Å². The number of nitrogens with zero attached hydrogens (tertiary/aromatic N) is 1. The molecule has 6 heteroatoms. The third-order valence-electron chi connectivity index (χ3n) is 4.83. The molecular formula is C23H28N2O4. The summed E-state index contributed by atoms with van der Waals surface area (Å²) in [5.74, 6) is 0.453. The number of benzene rings is 2. The van der Waals surface area contributed by atoms with E-state index in [0.29, 0.717) is 42.4 Å². The molecule has 6 nitrogen and oxygen atoms in total. The van der Waals surface area contributed by atoms with Crippen molar-refractivity contribution < 1.29 is 19.1 Å². The molecule has 1 fully saturated rings. The largest absolute Gasteiger partial charge is 0.491 e. The molecule has 154 valence electrons. The van der Waals surface area contributed by atoms with E-state index in [2.05, 4.69) is 5.32 Å². The predicted octanol–water partition coefficient (Wildman–Crippen LogP) is 3.98. The third kappa shape index (κ3) is 6.06. The van der Waals surface area contributed by atoms with E-state index in [1.807, 2.05) is 17.9 Å². The van der Waals surface area contributed by atoms with Gasteiger partial charge in [0.05, 0.1) is 6.61 Å². The molecule has 1 heterocycles. The molecule has 2 aromatic carbocycles. The summed E-state index contributed by atoms with van der Waals surface area (Å²) in [7, 11) is 0. The van der Waals surface area contributed by atoms with E-state index in [9.17, 15) is 9.59 Å². The molecule has 0 radical (unpaired) electrons. The Bertz CT molecular complexity index is 814. The number of likely N-dealkylation sites (tertiary alicyclic amines) is 1. The fraction of sp³-hybridized carbons (Fsp3) is 0.391. The van der Waals surface area contributed by atoms with Crippen molar-refractivity contribution in [2.75, 3.05) is 38.2 Å². The SMILES string of the molecule is CCOCCOc1cccc(C(=O)Nc2ccc(C(=O)N3CCCCC3)cc2)c1. The topological polar surface area (TPSA) is 67.9 Å². The number of ether oxygens (including phenoxy) is 2. The zero-order chi connectivity index (χ0) is 20.5. The van der Waals surface area contributed by atoms with Gasteiger partial charge in [0, 0.05) is 36.5 Å². The number of anilines is 1. The first-order valence-electron chi connectivity index (χ1n) is 10.2. The maximum absolute atomic E-state index is 12.5. The highest BCUT2D eigenvalue weighted by molar-refractivity contribution is 6.04. The molecule has 0 saturated carbocycles. The van der Waals surface area contributed by atoms with Crippen LogP contribution < -0.4 is 10.1 Å². The Kier molecular flexibility index (Phi) is 7.64. The lowest BCUT2D eigenvalue weighted by Gasteiger charge is -2.26. The molecule has 1 aliphatic heterocycles. The molecule has 0 spiro atoms. The first-order chi connectivity index (χ1) is 14.2. The Hall–Kier alpha value is -2.86. The van der Waals surface area contributed by atoms with Crippen molar-refractivity contribution in [3.63, 3.8) is 0 Å². The average molecular weight is 396 g/mol. The van der Waals surface area contributed by atoms with Gasteiger partial charge in [0.15, 0.2) is 0 Å². The molecule has 3 rings (SSSR count). The highest BCUT2D eigenvalue weighted by Gasteiger charge is 2.18. The number of rotatable bonds is 8. The Balaban J connectivity index is 1.57. The zero-order valence-corrected chi connectivity index (χ0v) is 16.9. The Morgan fingerprint density at radius 3 is 2.45 bits per heavy atom. The molecule has 1 N–H and O–H groups in total. The molecule has 0 bridgehead atoms. The van der Waals surface area contributed by atoms with Crippen LogP contribution in [-0.2, 0) is 4.74 Å². The third-order valence-corrected chi connectivity index (χ3v) is 4.83. The van der Waals surface area contributed by atoms with Crippen LogP contribution >= 0.6 is 0 Å². The van der Waals surface area contributed by atoms with Crippen LogP contribution in [0.15, 0.2) is 48.5 Å². The van der Waals surface area contributed by atoms with E-state index in [1.54, 1.807) is 42.5 Å². The highest BCUT2D eigenvalue weighted by atomic mass is 16.5. The number of piperidine rings is 1. The average Bonchev–Trinajstić information content (AvgIpc) is 2.77. The summed E-state index contributed by atoms with van der Waals surface area (Å²) in [6.45, 7) is 5.16. The molecule has 0 aliphatic carbocycles. The van der Waals surface area contributed by atoms with Crippen molar-refractivity contribution in [3.8, 4) is 5.75 Å². The van der Waals surface area contributed by atoms with E-state index in [-0.39, 0.29) is 11.8 Å². The standard InChI is InChI=1S/C23H28N2O4/c1-2-28-15-16-29-21-8-6-7-19(17-21)22(26)24-20-11-9-18(10-12-20)23(27)25-13-4-3-5-14-25/h6-12,17H,2-5,13-16H2,1H3,(H,24,26). The number of hydrogen-bond acceptors (Lipinski definition) is 4. The smallest absolute Gasteiger partial charge is 0.255 e. The number of hydrogen-bond donors (Lipinski definition) is 1. The quantitative estimate of drug-likeness (QED) is 0.686. The molecule has 0 aromatic heterocycles. The lowest BCUT2D eigenvalue weighted by Crippen LogP contribution is -2.35. The Morgan fingerprint density at radius 1 is 0.966 bits per heavy atom. The maximum Gasteiger partial charge on any atom is 0.255 e. The van der Waals surface area contributed by atoms with E-state index < -0.39 is 0 Å². The van der Waals surface area contributed by atoms with Gasteiger partial charge < -0.3 is 19.7 Å². The van der Waals surface area contributed by atoms with Crippen molar-refractivity contribution in [2.45, 2.75) is 26.2 Å². The second kappa shape index (κ2) is 10.6. The molecule has 2 amide bonds. The van der Waals surface area contributed by atoms with E-state index in [0.717, 1.165) is 25.9 Å². The summed E-state index contributed by atoms with van der Waals surface area (Å²) in [5.41, 5.74) is 1.80. The van der Waals surface area contributed by atoms with Crippen LogP contribution in [0.3, 0.4) is 0 Å². The van der Waals surface area contributed by atoms with Crippen molar-refractivity contribution in [2.24, 2.45) is 0 Å². The van der Waals surface area contributed by atoms with Gasteiger partial charge in [-0.3, -0.25) is 9.59 Å². The maximum atomic E-state index is 12.5. The van der Waals surface area contributed by atoms with Crippen LogP contribution in [-0.4, -0.2) is 49.6 Å². The molecule has 29 heavy (non-hydrogen) atoms. The number of nitrogens with one attached hydrogen (secondary N) is 1. The van der Waals surface area contributed by atoms with Gasteiger partial charge in [-0.2, -0.15) is 0 Å². The fourth-order valence-corrected chi connectivity index (χ4v) is 3.27.